The van der Waals surface area contributed by atoms with Gasteiger partial charge in [0.1, 0.15) is 0 Å². The van der Waals surface area contributed by atoms with Gasteiger partial charge < -0.3 is 5.11 Å². The van der Waals surface area contributed by atoms with E-state index < -0.39 is 11.4 Å². The van der Waals surface area contributed by atoms with E-state index in [-0.39, 0.29) is 0 Å². The SMILES string of the molecule is CCCC1(C(=O)O)CCN(Cc2ccc(Br)c(C)c2)C1. The fourth-order valence-electron chi connectivity index (χ4n) is 3.12. The van der Waals surface area contributed by atoms with Crippen LogP contribution in [0.1, 0.15) is 37.3 Å². The van der Waals surface area contributed by atoms with Crippen molar-refractivity contribution in [2.45, 2.75) is 39.7 Å². The first-order valence-corrected chi connectivity index (χ1v) is 7.97. The van der Waals surface area contributed by atoms with Crippen molar-refractivity contribution >= 4 is 21.9 Å². The summed E-state index contributed by atoms with van der Waals surface area (Å²) in [6.45, 7) is 6.53. The molecule has 1 unspecified atom stereocenters. The molecule has 0 saturated carbocycles. The van der Waals surface area contributed by atoms with Crippen molar-refractivity contribution in [3.05, 3.63) is 33.8 Å². The molecular weight excluding hydrogens is 318 g/mol. The van der Waals surface area contributed by atoms with Crippen molar-refractivity contribution in [1.29, 1.82) is 0 Å². The maximum atomic E-state index is 11.6. The Bertz CT molecular complexity index is 503. The van der Waals surface area contributed by atoms with Gasteiger partial charge in [0.2, 0.25) is 0 Å². The number of hydrogen-bond donors (Lipinski definition) is 1. The highest BCUT2D eigenvalue weighted by Gasteiger charge is 2.43. The van der Waals surface area contributed by atoms with Crippen LogP contribution in [0, 0.1) is 12.3 Å². The molecule has 110 valence electrons. The predicted octanol–water partition coefficient (Wildman–Crippen LogP) is 3.83. The third kappa shape index (κ3) is 3.23. The summed E-state index contributed by atoms with van der Waals surface area (Å²) in [5.41, 5.74) is 1.95. The van der Waals surface area contributed by atoms with Crippen LogP contribution in [0.2, 0.25) is 0 Å². The third-order valence-electron chi connectivity index (χ3n) is 4.24. The molecule has 4 heteroatoms. The van der Waals surface area contributed by atoms with Gasteiger partial charge >= 0.3 is 5.97 Å². The highest BCUT2D eigenvalue weighted by molar-refractivity contribution is 9.10. The molecule has 0 bridgehead atoms. The number of halogens is 1. The van der Waals surface area contributed by atoms with Crippen LogP contribution in [0.4, 0.5) is 0 Å². The first-order chi connectivity index (χ1) is 9.47. The molecule has 1 N–H and O–H groups in total. The normalized spacial score (nSPS) is 23.1. The van der Waals surface area contributed by atoms with E-state index in [4.69, 9.17) is 0 Å². The van der Waals surface area contributed by atoms with Gasteiger partial charge in [-0.25, -0.2) is 0 Å². The van der Waals surface area contributed by atoms with Crippen molar-refractivity contribution in [2.24, 2.45) is 5.41 Å². The van der Waals surface area contributed by atoms with E-state index in [0.717, 1.165) is 36.8 Å². The highest BCUT2D eigenvalue weighted by Crippen LogP contribution is 2.36. The zero-order valence-corrected chi connectivity index (χ0v) is 13.7. The molecule has 0 amide bonds. The van der Waals surface area contributed by atoms with Crippen molar-refractivity contribution in [1.82, 2.24) is 4.90 Å². The number of benzene rings is 1. The number of carboxylic acid groups (broad SMARTS) is 1. The summed E-state index contributed by atoms with van der Waals surface area (Å²) in [7, 11) is 0. The lowest BCUT2D eigenvalue weighted by Crippen LogP contribution is -2.34. The van der Waals surface area contributed by atoms with E-state index in [1.807, 2.05) is 0 Å². The summed E-state index contributed by atoms with van der Waals surface area (Å²) in [6, 6.07) is 6.35. The number of aryl methyl sites for hydroxylation is 1. The quantitative estimate of drug-likeness (QED) is 0.886. The molecule has 1 heterocycles. The molecule has 3 nitrogen and oxygen atoms in total. The second-order valence-electron chi connectivity index (χ2n) is 5.88. The van der Waals surface area contributed by atoms with Crippen LogP contribution >= 0.6 is 15.9 Å². The molecule has 1 atom stereocenters. The van der Waals surface area contributed by atoms with Crippen LogP contribution in [0.15, 0.2) is 22.7 Å². The largest absolute Gasteiger partial charge is 0.481 e. The van der Waals surface area contributed by atoms with E-state index >= 15 is 0 Å². The number of aliphatic carboxylic acids is 1. The van der Waals surface area contributed by atoms with Gasteiger partial charge in [0.25, 0.3) is 0 Å². The maximum Gasteiger partial charge on any atom is 0.310 e. The Morgan fingerprint density at radius 2 is 2.25 bits per heavy atom. The Hall–Kier alpha value is -0.870. The summed E-state index contributed by atoms with van der Waals surface area (Å²) in [5.74, 6) is -0.631. The molecule has 0 aromatic heterocycles. The lowest BCUT2D eigenvalue weighted by Gasteiger charge is -2.24. The molecule has 0 spiro atoms. The van der Waals surface area contributed by atoms with Crippen molar-refractivity contribution in [3.63, 3.8) is 0 Å². The summed E-state index contributed by atoms with van der Waals surface area (Å²) >= 11 is 3.51. The number of likely N-dealkylation sites (tertiary alicyclic amines) is 1. The average Bonchev–Trinajstić information content (AvgIpc) is 2.79. The van der Waals surface area contributed by atoms with Crippen LogP contribution in [0.3, 0.4) is 0 Å². The first kappa shape index (κ1) is 15.5. The first-order valence-electron chi connectivity index (χ1n) is 7.17. The molecule has 2 rings (SSSR count). The van der Waals surface area contributed by atoms with Gasteiger partial charge in [-0.15, -0.1) is 0 Å². The topological polar surface area (TPSA) is 40.5 Å². The fraction of sp³-hybridized carbons (Fsp3) is 0.562. The molecule has 1 saturated heterocycles. The van der Waals surface area contributed by atoms with Crippen LogP contribution in [-0.4, -0.2) is 29.1 Å². The molecule has 1 aliphatic heterocycles. The maximum absolute atomic E-state index is 11.6. The number of carbonyl (C=O) groups is 1. The average molecular weight is 340 g/mol. The number of carboxylic acids is 1. The molecule has 1 aromatic rings. The second-order valence-corrected chi connectivity index (χ2v) is 6.73. The third-order valence-corrected chi connectivity index (χ3v) is 5.13. The zero-order valence-electron chi connectivity index (χ0n) is 12.2. The Morgan fingerprint density at radius 1 is 1.50 bits per heavy atom. The van der Waals surface area contributed by atoms with Gasteiger partial charge in [-0.3, -0.25) is 9.69 Å². The smallest absolute Gasteiger partial charge is 0.310 e. The van der Waals surface area contributed by atoms with E-state index in [9.17, 15) is 9.90 Å². The van der Waals surface area contributed by atoms with Gasteiger partial charge in [-0.05, 0) is 43.5 Å². The fourth-order valence-corrected chi connectivity index (χ4v) is 3.37. The number of nitrogens with zero attached hydrogens (tertiary/aromatic N) is 1. The molecule has 1 aliphatic rings. The lowest BCUT2D eigenvalue weighted by atomic mass is 9.83. The van der Waals surface area contributed by atoms with Crippen LogP contribution in [0.5, 0.6) is 0 Å². The predicted molar refractivity (Wildman–Crippen MR) is 83.7 cm³/mol. The van der Waals surface area contributed by atoms with Gasteiger partial charge in [-0.2, -0.15) is 0 Å². The van der Waals surface area contributed by atoms with Crippen LogP contribution in [0.25, 0.3) is 0 Å². The molecule has 0 aliphatic carbocycles. The minimum absolute atomic E-state index is 0.529. The summed E-state index contributed by atoms with van der Waals surface area (Å²) in [4.78, 5) is 13.8. The van der Waals surface area contributed by atoms with Gasteiger partial charge in [0.15, 0.2) is 0 Å². The van der Waals surface area contributed by atoms with Crippen molar-refractivity contribution in [2.75, 3.05) is 13.1 Å². The van der Waals surface area contributed by atoms with E-state index in [2.05, 4.69) is 52.9 Å². The Kier molecular flexibility index (Phi) is 4.86. The summed E-state index contributed by atoms with van der Waals surface area (Å²) in [6.07, 6.45) is 2.47. The second kappa shape index (κ2) is 6.27. The standard InChI is InChI=1S/C16H22BrNO2/c1-3-6-16(15(19)20)7-8-18(11-16)10-13-4-5-14(17)12(2)9-13/h4-5,9H,3,6-8,10-11H2,1-2H3,(H,19,20). The zero-order chi connectivity index (χ0) is 14.8. The monoisotopic (exact) mass is 339 g/mol. The van der Waals surface area contributed by atoms with Crippen molar-refractivity contribution in [3.8, 4) is 0 Å². The minimum Gasteiger partial charge on any atom is -0.481 e. The van der Waals surface area contributed by atoms with Gasteiger partial charge in [-0.1, -0.05) is 41.4 Å². The molecule has 20 heavy (non-hydrogen) atoms. The Labute approximate surface area is 129 Å². The molecule has 1 aromatic carbocycles. The highest BCUT2D eigenvalue weighted by atomic mass is 79.9. The number of rotatable bonds is 5. The minimum atomic E-state index is -0.631. The van der Waals surface area contributed by atoms with Crippen LogP contribution in [-0.2, 0) is 11.3 Å². The van der Waals surface area contributed by atoms with Crippen LogP contribution < -0.4 is 0 Å². The molecule has 0 radical (unpaired) electrons. The van der Waals surface area contributed by atoms with E-state index in [1.165, 1.54) is 11.1 Å². The van der Waals surface area contributed by atoms with E-state index in [0.29, 0.717) is 6.54 Å². The lowest BCUT2D eigenvalue weighted by molar-refractivity contribution is -0.148. The van der Waals surface area contributed by atoms with E-state index in [1.54, 1.807) is 0 Å². The molecule has 1 fully saturated rings. The number of hydrogen-bond acceptors (Lipinski definition) is 2. The summed E-state index contributed by atoms with van der Waals surface area (Å²) in [5, 5.41) is 9.53. The molecular formula is C16H22BrNO2. The van der Waals surface area contributed by atoms with Gasteiger partial charge in [0.05, 0.1) is 5.41 Å². The Morgan fingerprint density at radius 3 is 2.85 bits per heavy atom. The van der Waals surface area contributed by atoms with Crippen molar-refractivity contribution < 1.29 is 9.90 Å². The van der Waals surface area contributed by atoms with Gasteiger partial charge in [0, 0.05) is 17.6 Å². The summed E-state index contributed by atoms with van der Waals surface area (Å²) < 4.78 is 1.12. The Balaban J connectivity index is 2.05.